The summed E-state index contributed by atoms with van der Waals surface area (Å²) in [6, 6.07) is 8.36. The predicted octanol–water partition coefficient (Wildman–Crippen LogP) is 4.10. The van der Waals surface area contributed by atoms with Gasteiger partial charge >= 0.3 is 0 Å². The number of likely N-dealkylation sites (tertiary alicyclic amines) is 1. The molecule has 6 heteroatoms. The molecule has 25 heavy (non-hydrogen) atoms. The summed E-state index contributed by atoms with van der Waals surface area (Å²) in [6.45, 7) is 1.68. The van der Waals surface area contributed by atoms with E-state index in [4.69, 9.17) is 0 Å². The van der Waals surface area contributed by atoms with E-state index in [9.17, 15) is 9.18 Å². The Bertz CT molecular complexity index is 878. The van der Waals surface area contributed by atoms with Gasteiger partial charge < -0.3 is 9.88 Å². The highest BCUT2D eigenvalue weighted by molar-refractivity contribution is 7.10. The zero-order valence-corrected chi connectivity index (χ0v) is 14.5. The summed E-state index contributed by atoms with van der Waals surface area (Å²) in [5, 5.41) is 2.96. The fourth-order valence-corrected chi connectivity index (χ4v) is 3.90. The Morgan fingerprint density at radius 3 is 2.76 bits per heavy atom. The third-order valence-corrected chi connectivity index (χ3v) is 5.27. The number of aromatic nitrogens is 2. The molecule has 1 aromatic carbocycles. The topological polar surface area (TPSA) is 49.0 Å². The van der Waals surface area contributed by atoms with E-state index in [1.165, 1.54) is 12.1 Å². The Morgan fingerprint density at radius 1 is 1.24 bits per heavy atom. The number of carbonyl (C=O) groups excluding carboxylic acids is 1. The highest BCUT2D eigenvalue weighted by Crippen LogP contribution is 2.25. The molecule has 1 aliphatic rings. The first kappa shape index (κ1) is 16.0. The monoisotopic (exact) mass is 355 g/mol. The van der Waals surface area contributed by atoms with E-state index in [1.54, 1.807) is 23.5 Å². The molecule has 1 saturated heterocycles. The SMILES string of the molecule is O=C(c1cc(-c2csc(Cc3ccc(F)cc3)n2)c[nH]1)N1CCCC1. The summed E-state index contributed by atoms with van der Waals surface area (Å²) >= 11 is 1.57. The number of H-pyrrole nitrogens is 1. The molecule has 4 rings (SSSR count). The number of halogens is 1. The number of carbonyl (C=O) groups is 1. The van der Waals surface area contributed by atoms with Crippen LogP contribution in [0.3, 0.4) is 0 Å². The number of amides is 1. The van der Waals surface area contributed by atoms with Crippen LogP contribution in [-0.4, -0.2) is 33.9 Å². The fraction of sp³-hybridized carbons (Fsp3) is 0.263. The Labute approximate surface area is 149 Å². The van der Waals surface area contributed by atoms with E-state index in [-0.39, 0.29) is 11.7 Å². The average Bonchev–Trinajstić information content (AvgIpc) is 3.37. The molecule has 128 valence electrons. The molecule has 0 bridgehead atoms. The maximum atomic E-state index is 13.0. The minimum absolute atomic E-state index is 0.0607. The van der Waals surface area contributed by atoms with Crippen LogP contribution in [-0.2, 0) is 6.42 Å². The highest BCUT2D eigenvalue weighted by atomic mass is 32.1. The van der Waals surface area contributed by atoms with Crippen LogP contribution < -0.4 is 0 Å². The molecule has 0 atom stereocenters. The molecule has 1 fully saturated rings. The third kappa shape index (κ3) is 3.49. The molecular formula is C19H18FN3OS. The van der Waals surface area contributed by atoms with Gasteiger partial charge in [-0.05, 0) is 36.6 Å². The maximum absolute atomic E-state index is 13.0. The molecule has 3 heterocycles. The van der Waals surface area contributed by atoms with E-state index in [0.717, 1.165) is 47.8 Å². The summed E-state index contributed by atoms with van der Waals surface area (Å²) < 4.78 is 13.0. The molecule has 0 spiro atoms. The van der Waals surface area contributed by atoms with Gasteiger partial charge in [0, 0.05) is 36.7 Å². The van der Waals surface area contributed by atoms with Crippen LogP contribution in [0.25, 0.3) is 11.3 Å². The third-order valence-electron chi connectivity index (χ3n) is 4.42. The number of rotatable bonds is 4. The smallest absolute Gasteiger partial charge is 0.270 e. The lowest BCUT2D eigenvalue weighted by atomic mass is 10.1. The van der Waals surface area contributed by atoms with Gasteiger partial charge in [-0.2, -0.15) is 0 Å². The van der Waals surface area contributed by atoms with Crippen LogP contribution in [0, 0.1) is 5.82 Å². The number of thiazole rings is 1. The van der Waals surface area contributed by atoms with Crippen LogP contribution in [0.2, 0.25) is 0 Å². The van der Waals surface area contributed by atoms with Gasteiger partial charge in [0.25, 0.3) is 5.91 Å². The van der Waals surface area contributed by atoms with Crippen molar-refractivity contribution in [2.24, 2.45) is 0 Å². The van der Waals surface area contributed by atoms with Gasteiger partial charge in [-0.15, -0.1) is 11.3 Å². The van der Waals surface area contributed by atoms with E-state index in [2.05, 4.69) is 9.97 Å². The van der Waals surface area contributed by atoms with E-state index < -0.39 is 0 Å². The van der Waals surface area contributed by atoms with Crippen molar-refractivity contribution >= 4 is 17.2 Å². The number of nitrogens with zero attached hydrogens (tertiary/aromatic N) is 2. The zero-order valence-electron chi connectivity index (χ0n) is 13.7. The second kappa shape index (κ2) is 6.80. The first-order valence-electron chi connectivity index (χ1n) is 8.36. The zero-order chi connectivity index (χ0) is 17.2. The molecule has 3 aromatic rings. The molecule has 2 aromatic heterocycles. The van der Waals surface area contributed by atoms with Crippen LogP contribution in [0.4, 0.5) is 4.39 Å². The van der Waals surface area contributed by atoms with Crippen LogP contribution in [0.5, 0.6) is 0 Å². The lowest BCUT2D eigenvalue weighted by Crippen LogP contribution is -2.27. The lowest BCUT2D eigenvalue weighted by Gasteiger charge is -2.13. The molecule has 0 radical (unpaired) electrons. The van der Waals surface area contributed by atoms with E-state index >= 15 is 0 Å². The first-order valence-corrected chi connectivity index (χ1v) is 9.24. The molecule has 1 amide bonds. The van der Waals surface area contributed by atoms with Gasteiger partial charge in [0.1, 0.15) is 11.5 Å². The maximum Gasteiger partial charge on any atom is 0.270 e. The van der Waals surface area contributed by atoms with Crippen molar-refractivity contribution in [2.75, 3.05) is 13.1 Å². The number of benzene rings is 1. The fourth-order valence-electron chi connectivity index (χ4n) is 3.06. The van der Waals surface area contributed by atoms with Crippen molar-refractivity contribution in [1.29, 1.82) is 0 Å². The molecule has 0 aliphatic carbocycles. The number of hydrogen-bond acceptors (Lipinski definition) is 3. The molecule has 0 unspecified atom stereocenters. The van der Waals surface area contributed by atoms with Crippen molar-refractivity contribution in [1.82, 2.24) is 14.9 Å². The Balaban J connectivity index is 1.48. The normalized spacial score (nSPS) is 14.2. The minimum atomic E-state index is -0.230. The van der Waals surface area contributed by atoms with Gasteiger partial charge in [0.05, 0.1) is 10.7 Å². The van der Waals surface area contributed by atoms with E-state index in [0.29, 0.717) is 12.1 Å². The van der Waals surface area contributed by atoms with Gasteiger partial charge in [-0.3, -0.25) is 4.79 Å². The van der Waals surface area contributed by atoms with Crippen LogP contribution in [0.1, 0.15) is 33.9 Å². The second-order valence-corrected chi connectivity index (χ2v) is 7.17. The van der Waals surface area contributed by atoms with Crippen molar-refractivity contribution in [2.45, 2.75) is 19.3 Å². The number of hydrogen-bond donors (Lipinski definition) is 1. The summed E-state index contributed by atoms with van der Waals surface area (Å²) in [5.41, 5.74) is 3.43. The summed E-state index contributed by atoms with van der Waals surface area (Å²) in [5.74, 6) is -0.170. The molecular weight excluding hydrogens is 337 g/mol. The standard InChI is InChI=1S/C19H18FN3OS/c20-15-5-3-13(4-6-15)9-18-22-17(12-25-18)14-10-16(21-11-14)19(24)23-7-1-2-8-23/h3-6,10-12,21H,1-2,7-9H2. The highest BCUT2D eigenvalue weighted by Gasteiger charge is 2.21. The van der Waals surface area contributed by atoms with Crippen molar-refractivity contribution in [3.63, 3.8) is 0 Å². The van der Waals surface area contributed by atoms with Gasteiger partial charge in [0.2, 0.25) is 0 Å². The Kier molecular flexibility index (Phi) is 4.36. The molecule has 4 nitrogen and oxygen atoms in total. The summed E-state index contributed by atoms with van der Waals surface area (Å²) in [4.78, 5) is 22.0. The number of nitrogens with one attached hydrogen (secondary N) is 1. The van der Waals surface area contributed by atoms with Crippen molar-refractivity contribution in [3.8, 4) is 11.3 Å². The lowest BCUT2D eigenvalue weighted by molar-refractivity contribution is 0.0788. The minimum Gasteiger partial charge on any atom is -0.357 e. The largest absolute Gasteiger partial charge is 0.357 e. The summed E-state index contributed by atoms with van der Waals surface area (Å²) in [6.07, 6.45) is 4.67. The van der Waals surface area contributed by atoms with Crippen LogP contribution >= 0.6 is 11.3 Å². The molecule has 1 aliphatic heterocycles. The molecule has 0 saturated carbocycles. The quantitative estimate of drug-likeness (QED) is 0.766. The van der Waals surface area contributed by atoms with E-state index in [1.807, 2.05) is 22.5 Å². The van der Waals surface area contributed by atoms with Gasteiger partial charge in [-0.25, -0.2) is 9.37 Å². The van der Waals surface area contributed by atoms with Gasteiger partial charge in [-0.1, -0.05) is 12.1 Å². The van der Waals surface area contributed by atoms with Crippen LogP contribution in [0.15, 0.2) is 41.9 Å². The Morgan fingerprint density at radius 2 is 2.00 bits per heavy atom. The second-order valence-electron chi connectivity index (χ2n) is 6.23. The summed E-state index contributed by atoms with van der Waals surface area (Å²) in [7, 11) is 0. The Hall–Kier alpha value is -2.47. The molecule has 1 N–H and O–H groups in total. The van der Waals surface area contributed by atoms with Gasteiger partial charge in [0.15, 0.2) is 0 Å². The predicted molar refractivity (Wildman–Crippen MR) is 96.2 cm³/mol. The average molecular weight is 355 g/mol. The van der Waals surface area contributed by atoms with Crippen molar-refractivity contribution < 1.29 is 9.18 Å². The number of aromatic amines is 1. The van der Waals surface area contributed by atoms with Crippen molar-refractivity contribution in [3.05, 3.63) is 64.0 Å². The first-order chi connectivity index (χ1) is 12.2.